The van der Waals surface area contributed by atoms with E-state index in [1.165, 1.54) is 0 Å². The summed E-state index contributed by atoms with van der Waals surface area (Å²) < 4.78 is 9.32. The summed E-state index contributed by atoms with van der Waals surface area (Å²) in [5, 5.41) is 3.47. The number of nitrogens with zero attached hydrogens (tertiary/aromatic N) is 3. The summed E-state index contributed by atoms with van der Waals surface area (Å²) in [4.78, 5) is 19.9. The van der Waals surface area contributed by atoms with Crippen molar-refractivity contribution in [3.63, 3.8) is 0 Å². The maximum atomic E-state index is 11.6. The van der Waals surface area contributed by atoms with E-state index < -0.39 is 0 Å². The molecule has 2 aromatic heterocycles. The number of anilines is 1. The van der Waals surface area contributed by atoms with E-state index in [0.717, 1.165) is 11.5 Å². The lowest BCUT2D eigenvalue weighted by Gasteiger charge is -2.05. The fraction of sp³-hybridized carbons (Fsp3) is 0.333. The fourth-order valence-electron chi connectivity index (χ4n) is 1.32. The molecule has 2 aromatic rings. The van der Waals surface area contributed by atoms with Gasteiger partial charge in [-0.25, -0.2) is 0 Å². The van der Waals surface area contributed by atoms with Gasteiger partial charge in [-0.1, -0.05) is 11.6 Å². The van der Waals surface area contributed by atoms with Crippen molar-refractivity contribution >= 4 is 34.2 Å². The maximum Gasteiger partial charge on any atom is 0.252 e. The highest BCUT2D eigenvalue weighted by Crippen LogP contribution is 2.25. The Morgan fingerprint density at radius 1 is 1.55 bits per heavy atom. The van der Waals surface area contributed by atoms with E-state index in [-0.39, 0.29) is 18.6 Å². The molecule has 0 atom stereocenters. The lowest BCUT2D eigenvalue weighted by atomic mass is 10.3. The summed E-state index contributed by atoms with van der Waals surface area (Å²) in [6.07, 6.45) is 1.61. The number of hydrogen-bond donors (Lipinski definition) is 1. The third kappa shape index (κ3) is 3.96. The van der Waals surface area contributed by atoms with Crippen LogP contribution in [0.4, 0.5) is 5.13 Å². The van der Waals surface area contributed by atoms with Crippen LogP contribution in [-0.4, -0.2) is 33.0 Å². The summed E-state index contributed by atoms with van der Waals surface area (Å²) >= 11 is 7.08. The number of nitrogens with one attached hydrogen (secondary N) is 1. The first-order chi connectivity index (χ1) is 9.56. The quantitative estimate of drug-likeness (QED) is 0.918. The third-order valence-electron chi connectivity index (χ3n) is 2.19. The molecule has 0 aromatic carbocycles. The minimum atomic E-state index is -0.270. The van der Waals surface area contributed by atoms with Gasteiger partial charge in [0.1, 0.15) is 12.3 Å². The molecule has 0 fully saturated rings. The molecular weight excluding hydrogens is 300 g/mol. The Labute approximate surface area is 125 Å². The van der Waals surface area contributed by atoms with Gasteiger partial charge in [0.2, 0.25) is 5.13 Å². The van der Waals surface area contributed by atoms with Crippen LogP contribution in [0.5, 0.6) is 0 Å². The molecule has 0 unspecified atom stereocenters. The molecule has 2 heterocycles. The second-order valence-corrected chi connectivity index (χ2v) is 5.32. The standard InChI is InChI=1S/C12H13ClN4O2S/c1-7(2)19-6-9(18)15-12-16-11(17-20-12)10-8(13)4-3-5-14-10/h3-5,7H,6H2,1-2H3,(H,15,16,17,18). The van der Waals surface area contributed by atoms with Crippen LogP contribution in [0.15, 0.2) is 18.3 Å². The molecule has 0 saturated carbocycles. The first-order valence-corrected chi connectivity index (χ1v) is 7.07. The molecule has 0 aliphatic rings. The number of rotatable bonds is 5. The molecule has 8 heteroatoms. The van der Waals surface area contributed by atoms with E-state index in [0.29, 0.717) is 21.7 Å². The second-order valence-electron chi connectivity index (χ2n) is 4.16. The summed E-state index contributed by atoms with van der Waals surface area (Å²) in [6.45, 7) is 3.70. The van der Waals surface area contributed by atoms with Crippen LogP contribution in [0.1, 0.15) is 13.8 Å². The highest BCUT2D eigenvalue weighted by atomic mass is 35.5. The van der Waals surface area contributed by atoms with Crippen LogP contribution in [-0.2, 0) is 9.53 Å². The molecule has 0 aliphatic carbocycles. The van der Waals surface area contributed by atoms with Crippen molar-refractivity contribution in [3.8, 4) is 11.5 Å². The summed E-state index contributed by atoms with van der Waals surface area (Å²) in [6, 6.07) is 3.43. The Bertz CT molecular complexity index is 603. The second kappa shape index (κ2) is 6.74. The van der Waals surface area contributed by atoms with Crippen LogP contribution < -0.4 is 5.32 Å². The van der Waals surface area contributed by atoms with E-state index in [2.05, 4.69) is 19.7 Å². The van der Waals surface area contributed by atoms with Crippen molar-refractivity contribution < 1.29 is 9.53 Å². The van der Waals surface area contributed by atoms with Gasteiger partial charge in [-0.15, -0.1) is 0 Å². The Balaban J connectivity index is 2.03. The summed E-state index contributed by atoms with van der Waals surface area (Å²) in [7, 11) is 0. The molecule has 2 rings (SSSR count). The molecule has 0 spiro atoms. The van der Waals surface area contributed by atoms with Gasteiger partial charge >= 0.3 is 0 Å². The Morgan fingerprint density at radius 2 is 2.35 bits per heavy atom. The van der Waals surface area contributed by atoms with Gasteiger partial charge in [0.05, 0.1) is 11.1 Å². The SMILES string of the molecule is CC(C)OCC(=O)Nc1nc(-c2ncccc2Cl)ns1. The number of aromatic nitrogens is 3. The molecule has 106 valence electrons. The Kier molecular flexibility index (Phi) is 4.99. The van der Waals surface area contributed by atoms with Gasteiger partial charge < -0.3 is 4.74 Å². The highest BCUT2D eigenvalue weighted by Gasteiger charge is 2.13. The van der Waals surface area contributed by atoms with Crippen molar-refractivity contribution in [1.82, 2.24) is 14.3 Å². The number of pyridine rings is 1. The van der Waals surface area contributed by atoms with Crippen LogP contribution in [0.3, 0.4) is 0 Å². The zero-order chi connectivity index (χ0) is 14.5. The monoisotopic (exact) mass is 312 g/mol. The van der Waals surface area contributed by atoms with Crippen molar-refractivity contribution in [3.05, 3.63) is 23.4 Å². The Morgan fingerprint density at radius 3 is 3.05 bits per heavy atom. The van der Waals surface area contributed by atoms with E-state index in [9.17, 15) is 4.79 Å². The molecule has 0 aliphatic heterocycles. The molecule has 1 amide bonds. The topological polar surface area (TPSA) is 77.0 Å². The first-order valence-electron chi connectivity index (χ1n) is 5.92. The normalized spacial score (nSPS) is 10.8. The largest absolute Gasteiger partial charge is 0.369 e. The molecule has 1 N–H and O–H groups in total. The molecule has 20 heavy (non-hydrogen) atoms. The van der Waals surface area contributed by atoms with E-state index in [1.807, 2.05) is 13.8 Å². The van der Waals surface area contributed by atoms with Crippen LogP contribution in [0.2, 0.25) is 5.02 Å². The van der Waals surface area contributed by atoms with Crippen LogP contribution >= 0.6 is 23.1 Å². The minimum absolute atomic E-state index is 0.00180. The molecule has 0 radical (unpaired) electrons. The van der Waals surface area contributed by atoms with Crippen LogP contribution in [0, 0.1) is 0 Å². The number of carbonyl (C=O) groups excluding carboxylic acids is 1. The van der Waals surface area contributed by atoms with E-state index >= 15 is 0 Å². The number of amides is 1. The van der Waals surface area contributed by atoms with Crippen LogP contribution in [0.25, 0.3) is 11.5 Å². The third-order valence-corrected chi connectivity index (χ3v) is 3.13. The average molecular weight is 313 g/mol. The zero-order valence-electron chi connectivity index (χ0n) is 11.0. The van der Waals surface area contributed by atoms with Crippen molar-refractivity contribution in [1.29, 1.82) is 0 Å². The molecule has 6 nitrogen and oxygen atoms in total. The zero-order valence-corrected chi connectivity index (χ0v) is 12.5. The lowest BCUT2D eigenvalue weighted by Crippen LogP contribution is -2.20. The van der Waals surface area contributed by atoms with Crippen molar-refractivity contribution in [2.24, 2.45) is 0 Å². The highest BCUT2D eigenvalue weighted by molar-refractivity contribution is 7.10. The molecule has 0 saturated heterocycles. The fourth-order valence-corrected chi connectivity index (χ4v) is 2.11. The smallest absolute Gasteiger partial charge is 0.252 e. The predicted octanol–water partition coefficient (Wildman–Crippen LogP) is 2.62. The first kappa shape index (κ1) is 14.8. The number of halogens is 1. The van der Waals surface area contributed by atoms with Gasteiger partial charge in [-0.05, 0) is 26.0 Å². The number of hydrogen-bond acceptors (Lipinski definition) is 6. The van der Waals surface area contributed by atoms with Crippen molar-refractivity contribution in [2.75, 3.05) is 11.9 Å². The van der Waals surface area contributed by atoms with E-state index in [1.54, 1.807) is 18.3 Å². The van der Waals surface area contributed by atoms with Gasteiger partial charge in [0, 0.05) is 17.7 Å². The predicted molar refractivity (Wildman–Crippen MR) is 77.9 cm³/mol. The van der Waals surface area contributed by atoms with Crippen molar-refractivity contribution in [2.45, 2.75) is 20.0 Å². The number of ether oxygens (including phenoxy) is 1. The van der Waals surface area contributed by atoms with Gasteiger partial charge in [-0.2, -0.15) is 9.36 Å². The maximum absolute atomic E-state index is 11.6. The molecule has 0 bridgehead atoms. The Hall–Kier alpha value is -1.57. The summed E-state index contributed by atoms with van der Waals surface area (Å²) in [5.41, 5.74) is 0.490. The minimum Gasteiger partial charge on any atom is -0.369 e. The lowest BCUT2D eigenvalue weighted by molar-refractivity contribution is -0.121. The van der Waals surface area contributed by atoms with Gasteiger partial charge in [0.25, 0.3) is 5.91 Å². The summed E-state index contributed by atoms with van der Waals surface area (Å²) in [5.74, 6) is 0.120. The molecular formula is C12H13ClN4O2S. The van der Waals surface area contributed by atoms with Gasteiger partial charge in [-0.3, -0.25) is 15.1 Å². The van der Waals surface area contributed by atoms with E-state index in [4.69, 9.17) is 16.3 Å². The van der Waals surface area contributed by atoms with Gasteiger partial charge in [0.15, 0.2) is 5.82 Å². The average Bonchev–Trinajstić information content (AvgIpc) is 2.85. The number of carbonyl (C=O) groups is 1.